The van der Waals surface area contributed by atoms with Gasteiger partial charge in [-0.1, -0.05) is 22.4 Å². The summed E-state index contributed by atoms with van der Waals surface area (Å²) in [5.74, 6) is 0.167. The molecule has 184 valence electrons. The van der Waals surface area contributed by atoms with Crippen LogP contribution in [-0.2, 0) is 20.2 Å². The molecule has 0 aromatic heterocycles. The second kappa shape index (κ2) is 79.8. The van der Waals surface area contributed by atoms with Crippen molar-refractivity contribution in [3.63, 3.8) is 0 Å². The average Bonchev–Trinajstić information content (AvgIpc) is 2.50. The summed E-state index contributed by atoms with van der Waals surface area (Å²) in [6.45, 7) is 17.7. The van der Waals surface area contributed by atoms with Crippen LogP contribution in [0.4, 0.5) is 0 Å². The third-order valence-electron chi connectivity index (χ3n) is 0. The van der Waals surface area contributed by atoms with E-state index in [0.717, 1.165) is 12.0 Å². The molecule has 0 rings (SSSR count). The van der Waals surface area contributed by atoms with E-state index in [4.69, 9.17) is 5.11 Å². The topological polar surface area (TPSA) is 109 Å². The third-order valence-corrected chi connectivity index (χ3v) is 0. The van der Waals surface area contributed by atoms with Gasteiger partial charge in [0.2, 0.25) is 0 Å². The highest BCUT2D eigenvalue weighted by molar-refractivity contribution is 7.83. The molecule has 0 radical (unpaired) electrons. The molecule has 29 heavy (non-hydrogen) atoms. The number of allylic oxidation sites excluding steroid dienone is 1. The normalized spacial score (nSPS) is 6.03. The maximum atomic E-state index is 9.59. The van der Waals surface area contributed by atoms with E-state index in [1.54, 1.807) is 32.1 Å². The van der Waals surface area contributed by atoms with Crippen LogP contribution in [0.25, 0.3) is 0 Å². The summed E-state index contributed by atoms with van der Waals surface area (Å²) in [5, 5.41) is 9.75. The summed E-state index contributed by atoms with van der Waals surface area (Å²) in [4.78, 5) is 10.4. The number of aliphatic hydroxyl groups excluding tert-OH is 1. The van der Waals surface area contributed by atoms with E-state index in [1.807, 2.05) is 41.8 Å². The lowest BCUT2D eigenvalue weighted by Crippen LogP contribution is -1.89. The van der Waals surface area contributed by atoms with Crippen molar-refractivity contribution in [1.82, 2.24) is 5.32 Å². The van der Waals surface area contributed by atoms with Crippen molar-refractivity contribution >= 4 is 54.1 Å². The largest absolute Gasteiger partial charge is 0.400 e. The number of thiol groups is 1. The SMILES string of the molecule is C=C(C)C.CC(C)=O.CC(C)=S.CN.CNC.CO.CS.CS(C)=O.C[P+](C)=O. The fraction of sp³-hybridized carbons (Fsp3) is 0.789. The Labute approximate surface area is 197 Å². The van der Waals surface area contributed by atoms with Gasteiger partial charge < -0.3 is 21.0 Å². The number of nitrogens with two attached hydrogens (primary N) is 1. The maximum Gasteiger partial charge on any atom is 0.332 e. The number of hydrogen-bond donors (Lipinski definition) is 4. The Balaban J connectivity index is -0.0000000225. The van der Waals surface area contributed by atoms with Gasteiger partial charge in [-0.05, 0) is 73.8 Å². The molecule has 0 aliphatic heterocycles. The summed E-state index contributed by atoms with van der Waals surface area (Å²) in [6, 6.07) is 0. The molecule has 0 aromatic carbocycles. The molecular weight excluding hydrogens is 447 g/mol. The van der Waals surface area contributed by atoms with Crippen molar-refractivity contribution in [2.24, 2.45) is 5.73 Å². The van der Waals surface area contributed by atoms with Crippen LogP contribution in [0.2, 0.25) is 0 Å². The van der Waals surface area contributed by atoms with Crippen LogP contribution in [-0.4, -0.2) is 80.3 Å². The lowest BCUT2D eigenvalue weighted by atomic mass is 10.4. The zero-order chi connectivity index (χ0) is 26.6. The lowest BCUT2D eigenvalue weighted by molar-refractivity contribution is -0.115. The Morgan fingerprint density at radius 1 is 1.00 bits per heavy atom. The van der Waals surface area contributed by atoms with Gasteiger partial charge in [-0.25, -0.2) is 0 Å². The molecule has 0 saturated carbocycles. The lowest BCUT2D eigenvalue weighted by Gasteiger charge is -1.65. The number of hydrogen-bond acceptors (Lipinski definition) is 8. The van der Waals surface area contributed by atoms with Gasteiger partial charge in [-0.3, -0.25) is 4.21 Å². The molecule has 0 saturated heterocycles. The van der Waals surface area contributed by atoms with Gasteiger partial charge in [0.1, 0.15) is 19.1 Å². The highest BCUT2D eigenvalue weighted by Crippen LogP contribution is 2.00. The van der Waals surface area contributed by atoms with Crippen LogP contribution < -0.4 is 11.1 Å². The molecule has 0 atom stereocenters. The van der Waals surface area contributed by atoms with Crippen molar-refractivity contribution in [1.29, 1.82) is 0 Å². The van der Waals surface area contributed by atoms with E-state index in [-0.39, 0.29) is 5.78 Å². The maximum absolute atomic E-state index is 9.59. The van der Waals surface area contributed by atoms with Gasteiger partial charge in [0.05, 0.1) is 0 Å². The van der Waals surface area contributed by atoms with Crippen LogP contribution in [0.5, 0.6) is 0 Å². The van der Waals surface area contributed by atoms with Crippen molar-refractivity contribution in [3.8, 4) is 0 Å². The fourth-order valence-corrected chi connectivity index (χ4v) is 0. The molecule has 0 spiro atoms. The van der Waals surface area contributed by atoms with E-state index in [9.17, 15) is 13.6 Å². The van der Waals surface area contributed by atoms with Crippen molar-refractivity contribution in [2.45, 2.75) is 41.5 Å². The summed E-state index contributed by atoms with van der Waals surface area (Å²) in [6.07, 6.45) is 4.97. The Bertz CT molecular complexity index is 243. The molecule has 0 heterocycles. The van der Waals surface area contributed by atoms with Crippen LogP contribution in [0.1, 0.15) is 41.5 Å². The molecular formula is C19H52N2O4PS3+. The van der Waals surface area contributed by atoms with Gasteiger partial charge in [0, 0.05) is 30.4 Å². The van der Waals surface area contributed by atoms with Crippen LogP contribution in [0.3, 0.4) is 0 Å². The molecule has 0 aliphatic carbocycles. The van der Waals surface area contributed by atoms with E-state index in [1.165, 1.54) is 26.5 Å². The highest BCUT2D eigenvalue weighted by atomic mass is 32.2. The molecule has 0 aliphatic rings. The standard InChI is InChI=1S/C4H8.C3H6O.C3H6S.C2H7N.C2H6OP.C2H6OS.CH5N.CH4O.CH4S/c1-4(2)3;2*1-3(2)4;1-3-2;2*1-4(2)3;3*1-2/h1H2,2-3H3;2*1-2H3;3H,1-2H3;2*1-2H3;2H2,1H3;2*2H,1H3/q;;;;+1;;;;. The predicted molar refractivity (Wildman–Crippen MR) is 148 cm³/mol. The Morgan fingerprint density at radius 2 is 1.00 bits per heavy atom. The van der Waals surface area contributed by atoms with E-state index >= 15 is 0 Å². The Kier molecular flexibility index (Phi) is 156. The number of Topliss-reactive ketones (excluding diaryl/α,β-unsaturated/α-hetero) is 1. The van der Waals surface area contributed by atoms with Crippen molar-refractivity contribution in [3.05, 3.63) is 12.2 Å². The van der Waals surface area contributed by atoms with Gasteiger partial charge in [0.25, 0.3) is 0 Å². The monoisotopic (exact) mass is 499 g/mol. The smallest absolute Gasteiger partial charge is 0.332 e. The Morgan fingerprint density at radius 3 is 1.00 bits per heavy atom. The zero-order valence-corrected chi connectivity index (χ0v) is 25.1. The first-order valence-corrected chi connectivity index (χ1v) is 13.7. The van der Waals surface area contributed by atoms with Crippen molar-refractivity contribution in [2.75, 3.05) is 60.3 Å². The zero-order valence-electron chi connectivity index (χ0n) is 21.7. The van der Waals surface area contributed by atoms with Crippen LogP contribution in [0.15, 0.2) is 12.2 Å². The number of ketones is 1. The quantitative estimate of drug-likeness (QED) is 0.171. The molecule has 0 fully saturated rings. The highest BCUT2D eigenvalue weighted by Gasteiger charge is 1.80. The second-order valence-corrected chi connectivity index (χ2v) is 9.00. The first-order valence-electron chi connectivity index (χ1n) is 8.29. The van der Waals surface area contributed by atoms with Crippen LogP contribution >= 0.6 is 32.6 Å². The van der Waals surface area contributed by atoms with E-state index in [0.29, 0.717) is 0 Å². The predicted octanol–water partition coefficient (Wildman–Crippen LogP) is 4.21. The average molecular weight is 500 g/mol. The van der Waals surface area contributed by atoms with Gasteiger partial charge in [-0.2, -0.15) is 12.6 Å². The summed E-state index contributed by atoms with van der Waals surface area (Å²) < 4.78 is 19.1. The number of nitrogens with one attached hydrogen (secondary N) is 1. The van der Waals surface area contributed by atoms with Crippen LogP contribution in [0, 0.1) is 0 Å². The number of rotatable bonds is 0. The fourth-order valence-electron chi connectivity index (χ4n) is 0. The number of carbonyl (C=O) groups is 1. The number of aliphatic hydroxyl groups is 1. The minimum atomic E-state index is -0.870. The Hall–Kier alpha value is -0.0200. The molecule has 10 heteroatoms. The second-order valence-electron chi connectivity index (χ2n) is 5.08. The van der Waals surface area contributed by atoms with Crippen molar-refractivity contribution < 1.29 is 18.7 Å². The molecule has 0 bridgehead atoms. The molecule has 4 N–H and O–H groups in total. The number of thiocarbonyl (C=S) groups is 1. The minimum absolute atomic E-state index is 0.167. The minimum Gasteiger partial charge on any atom is -0.400 e. The summed E-state index contributed by atoms with van der Waals surface area (Å²) in [7, 11) is 4.77. The molecule has 0 amide bonds. The summed E-state index contributed by atoms with van der Waals surface area (Å²) >= 11 is 8.06. The third kappa shape index (κ3) is 47200000. The number of carbonyl (C=O) groups excluding carboxylic acids is 1. The first kappa shape index (κ1) is 56.8. The molecule has 0 aromatic rings. The first-order chi connectivity index (χ1) is 13.1. The summed E-state index contributed by atoms with van der Waals surface area (Å²) in [5.41, 5.74) is 5.67. The molecule has 0 unspecified atom stereocenters. The van der Waals surface area contributed by atoms with Gasteiger partial charge in [0.15, 0.2) is 0 Å². The van der Waals surface area contributed by atoms with E-state index in [2.05, 4.69) is 42.5 Å². The van der Waals surface area contributed by atoms with E-state index < -0.39 is 18.6 Å². The molecule has 6 nitrogen and oxygen atoms in total. The van der Waals surface area contributed by atoms with Gasteiger partial charge in [-0.15, -0.1) is 6.58 Å². The van der Waals surface area contributed by atoms with Gasteiger partial charge >= 0.3 is 7.80 Å².